The van der Waals surface area contributed by atoms with Crippen molar-refractivity contribution in [3.63, 3.8) is 0 Å². The molecule has 0 aliphatic rings. The Hall–Kier alpha value is -4.24. The molecule has 1 N–H and O–H groups in total. The van der Waals surface area contributed by atoms with Crippen LogP contribution in [0.5, 0.6) is 5.75 Å². The monoisotopic (exact) mass is 473 g/mol. The lowest BCUT2D eigenvalue weighted by Crippen LogP contribution is -2.22. The van der Waals surface area contributed by atoms with Gasteiger partial charge in [0.2, 0.25) is 0 Å². The summed E-state index contributed by atoms with van der Waals surface area (Å²) < 4.78 is 8.93. The van der Waals surface area contributed by atoms with Crippen LogP contribution in [0.1, 0.15) is 11.3 Å². The van der Waals surface area contributed by atoms with Crippen LogP contribution >= 0.6 is 11.6 Å². The number of rotatable bonds is 6. The number of aryl methyl sites for hydroxylation is 2. The zero-order chi connectivity index (χ0) is 23.7. The molecule has 34 heavy (non-hydrogen) atoms. The average Bonchev–Trinajstić information content (AvgIpc) is 3.42. The van der Waals surface area contributed by atoms with E-state index < -0.39 is 0 Å². The third-order valence-corrected chi connectivity index (χ3v) is 5.42. The van der Waals surface area contributed by atoms with E-state index in [0.717, 1.165) is 11.3 Å². The maximum absolute atomic E-state index is 12.6. The van der Waals surface area contributed by atoms with Crippen molar-refractivity contribution >= 4 is 34.4 Å². The minimum Gasteiger partial charge on any atom is -0.483 e. The maximum Gasteiger partial charge on any atom is 0.263 e. The number of carbonyl (C=O) groups excluding carboxylic acids is 1. The molecule has 170 valence electrons. The minimum absolute atomic E-state index is 0.136. The lowest BCUT2D eigenvalue weighted by molar-refractivity contribution is -0.118. The first-order chi connectivity index (χ1) is 16.5. The topological polar surface area (TPSA) is 99.7 Å². The van der Waals surface area contributed by atoms with Crippen LogP contribution in [0.2, 0.25) is 5.02 Å². The highest BCUT2D eigenvalue weighted by Crippen LogP contribution is 2.25. The summed E-state index contributed by atoms with van der Waals surface area (Å²) in [5.74, 6) is 1.31. The van der Waals surface area contributed by atoms with Crippen LogP contribution in [0.4, 0.5) is 5.82 Å². The highest BCUT2D eigenvalue weighted by molar-refractivity contribution is 6.30. The SMILES string of the molecule is Cc1cc(NC(=O)COc2ccccc2C)n(-c2ncnc3c2cnn3-c2ccc(Cl)cc2)n1. The Morgan fingerprint density at radius 2 is 1.85 bits per heavy atom. The van der Waals surface area contributed by atoms with E-state index >= 15 is 0 Å². The van der Waals surface area contributed by atoms with E-state index in [9.17, 15) is 4.79 Å². The number of fused-ring (bicyclic) bond motifs is 1. The van der Waals surface area contributed by atoms with Gasteiger partial charge >= 0.3 is 0 Å². The second-order valence-electron chi connectivity index (χ2n) is 7.65. The van der Waals surface area contributed by atoms with Gasteiger partial charge in [-0.3, -0.25) is 4.79 Å². The molecule has 0 bridgehead atoms. The highest BCUT2D eigenvalue weighted by Gasteiger charge is 2.18. The molecular weight excluding hydrogens is 454 g/mol. The van der Waals surface area contributed by atoms with Crippen molar-refractivity contribution in [3.05, 3.63) is 83.4 Å². The van der Waals surface area contributed by atoms with E-state index in [1.807, 2.05) is 50.2 Å². The normalized spacial score (nSPS) is 11.0. The molecule has 5 aromatic rings. The van der Waals surface area contributed by atoms with Crippen molar-refractivity contribution < 1.29 is 9.53 Å². The molecule has 3 heterocycles. The van der Waals surface area contributed by atoms with Gasteiger partial charge in [-0.25, -0.2) is 14.6 Å². The second-order valence-corrected chi connectivity index (χ2v) is 8.09. The number of amides is 1. The number of nitrogens with one attached hydrogen (secondary N) is 1. The predicted octanol–water partition coefficient (Wildman–Crippen LogP) is 4.29. The Morgan fingerprint density at radius 1 is 1.06 bits per heavy atom. The van der Waals surface area contributed by atoms with Crippen molar-refractivity contribution in [1.82, 2.24) is 29.5 Å². The quantitative estimate of drug-likeness (QED) is 0.395. The molecule has 0 unspecified atom stereocenters. The summed E-state index contributed by atoms with van der Waals surface area (Å²) >= 11 is 6.01. The predicted molar refractivity (Wildman–Crippen MR) is 129 cm³/mol. The van der Waals surface area contributed by atoms with Crippen molar-refractivity contribution in [2.45, 2.75) is 13.8 Å². The number of para-hydroxylation sites is 1. The molecule has 0 spiro atoms. The van der Waals surface area contributed by atoms with Crippen LogP contribution < -0.4 is 10.1 Å². The molecular formula is C24H20ClN7O2. The molecule has 0 radical (unpaired) electrons. The zero-order valence-corrected chi connectivity index (χ0v) is 19.2. The fourth-order valence-electron chi connectivity index (χ4n) is 3.56. The van der Waals surface area contributed by atoms with Crippen LogP contribution in [-0.4, -0.2) is 42.0 Å². The summed E-state index contributed by atoms with van der Waals surface area (Å²) in [6.45, 7) is 3.63. The molecule has 10 heteroatoms. The molecule has 0 saturated carbocycles. The van der Waals surface area contributed by atoms with Crippen molar-refractivity contribution in [1.29, 1.82) is 0 Å². The largest absolute Gasteiger partial charge is 0.483 e. The zero-order valence-electron chi connectivity index (χ0n) is 18.4. The van der Waals surface area contributed by atoms with Gasteiger partial charge in [-0.2, -0.15) is 14.9 Å². The Labute approximate surface area is 200 Å². The minimum atomic E-state index is -0.313. The standard InChI is InChI=1S/C24H20ClN7O2/c1-15-5-3-4-6-20(15)34-13-22(33)29-21-11-16(2)30-32(21)24-19-12-28-31(23(19)26-14-27-24)18-9-7-17(25)8-10-18/h3-12,14H,13H2,1-2H3,(H,29,33). The Kier molecular flexibility index (Phi) is 5.69. The summed E-state index contributed by atoms with van der Waals surface area (Å²) in [7, 11) is 0. The summed E-state index contributed by atoms with van der Waals surface area (Å²) in [5, 5.41) is 13.2. The number of carbonyl (C=O) groups is 1. The first-order valence-corrected chi connectivity index (χ1v) is 10.9. The van der Waals surface area contributed by atoms with Gasteiger partial charge in [0.25, 0.3) is 5.91 Å². The summed E-state index contributed by atoms with van der Waals surface area (Å²) in [4.78, 5) is 21.5. The van der Waals surface area contributed by atoms with Gasteiger partial charge in [0.1, 0.15) is 17.9 Å². The van der Waals surface area contributed by atoms with Crippen LogP contribution in [0.15, 0.2) is 67.1 Å². The molecule has 9 nitrogen and oxygen atoms in total. The summed E-state index contributed by atoms with van der Waals surface area (Å²) in [6, 6.07) is 16.6. The lowest BCUT2D eigenvalue weighted by Gasteiger charge is -2.11. The molecule has 0 fully saturated rings. The van der Waals surface area contributed by atoms with E-state index in [2.05, 4.69) is 25.5 Å². The van der Waals surface area contributed by atoms with Gasteiger partial charge in [-0.15, -0.1) is 0 Å². The number of hydrogen-bond acceptors (Lipinski definition) is 6. The van der Waals surface area contributed by atoms with Crippen LogP contribution in [0, 0.1) is 13.8 Å². The molecule has 3 aromatic heterocycles. The third kappa shape index (κ3) is 4.20. The molecule has 0 aliphatic heterocycles. The first-order valence-electron chi connectivity index (χ1n) is 10.5. The fraction of sp³-hybridized carbons (Fsp3) is 0.125. The molecule has 2 aromatic carbocycles. The number of nitrogens with zero attached hydrogens (tertiary/aromatic N) is 6. The number of hydrogen-bond donors (Lipinski definition) is 1. The van der Waals surface area contributed by atoms with E-state index in [1.165, 1.54) is 6.33 Å². The van der Waals surface area contributed by atoms with Crippen LogP contribution in [0.3, 0.4) is 0 Å². The molecule has 1 amide bonds. The molecule has 5 rings (SSSR count). The maximum atomic E-state index is 12.6. The Balaban J connectivity index is 1.44. The third-order valence-electron chi connectivity index (χ3n) is 5.17. The van der Waals surface area contributed by atoms with Crippen molar-refractivity contribution in [2.75, 3.05) is 11.9 Å². The number of ether oxygens (including phenoxy) is 1. The molecule has 0 saturated heterocycles. The van der Waals surface area contributed by atoms with E-state index in [0.29, 0.717) is 39.1 Å². The van der Waals surface area contributed by atoms with E-state index in [-0.39, 0.29) is 12.5 Å². The molecule has 0 atom stereocenters. The number of benzene rings is 2. The van der Waals surface area contributed by atoms with Crippen LogP contribution in [-0.2, 0) is 4.79 Å². The van der Waals surface area contributed by atoms with Gasteiger partial charge in [0.05, 0.1) is 23.0 Å². The summed E-state index contributed by atoms with van der Waals surface area (Å²) in [5.41, 5.74) is 3.08. The van der Waals surface area contributed by atoms with Gasteiger partial charge in [-0.05, 0) is 49.7 Å². The van der Waals surface area contributed by atoms with Gasteiger partial charge in [0.15, 0.2) is 18.1 Å². The highest BCUT2D eigenvalue weighted by atomic mass is 35.5. The Bertz CT molecular complexity index is 1490. The van der Waals surface area contributed by atoms with Crippen LogP contribution in [0.25, 0.3) is 22.5 Å². The fourth-order valence-corrected chi connectivity index (χ4v) is 3.69. The lowest BCUT2D eigenvalue weighted by atomic mass is 10.2. The van der Waals surface area contributed by atoms with Crippen molar-refractivity contribution in [2.24, 2.45) is 0 Å². The first kappa shape index (κ1) is 21.6. The summed E-state index contributed by atoms with van der Waals surface area (Å²) in [6.07, 6.45) is 3.11. The number of halogens is 1. The number of aromatic nitrogens is 6. The number of anilines is 1. The average molecular weight is 474 g/mol. The van der Waals surface area contributed by atoms with Gasteiger partial charge in [-0.1, -0.05) is 29.8 Å². The van der Waals surface area contributed by atoms with Gasteiger partial charge < -0.3 is 10.1 Å². The smallest absolute Gasteiger partial charge is 0.263 e. The second kappa shape index (κ2) is 8.95. The van der Waals surface area contributed by atoms with E-state index in [4.69, 9.17) is 16.3 Å². The Morgan fingerprint density at radius 3 is 2.65 bits per heavy atom. The van der Waals surface area contributed by atoms with Gasteiger partial charge in [0, 0.05) is 11.1 Å². The van der Waals surface area contributed by atoms with E-state index in [1.54, 1.807) is 33.8 Å². The van der Waals surface area contributed by atoms with Crippen molar-refractivity contribution in [3.8, 4) is 17.3 Å². The molecule has 0 aliphatic carbocycles.